The first-order chi connectivity index (χ1) is 7.96. The number of nitrogen functional groups attached to an aromatic ring is 1. The van der Waals surface area contributed by atoms with Crippen LogP contribution in [0.1, 0.15) is 25.3 Å². The molecule has 0 aromatic heterocycles. The van der Waals surface area contributed by atoms with Gasteiger partial charge in [-0.15, -0.1) is 0 Å². The van der Waals surface area contributed by atoms with Crippen molar-refractivity contribution in [2.45, 2.75) is 37.6 Å². The molecule has 0 bridgehead atoms. The molecule has 1 aliphatic rings. The number of nitrogens with zero attached hydrogens (tertiary/aromatic N) is 1. The number of hydrogen-bond acceptors (Lipinski definition) is 3. The summed E-state index contributed by atoms with van der Waals surface area (Å²) >= 11 is 0. The quantitative estimate of drug-likeness (QED) is 0.833. The van der Waals surface area contributed by atoms with Crippen LogP contribution in [0.3, 0.4) is 0 Å². The maximum Gasteiger partial charge on any atom is 0.243 e. The van der Waals surface area contributed by atoms with E-state index >= 15 is 0 Å². The van der Waals surface area contributed by atoms with E-state index in [1.807, 2.05) is 13.8 Å². The van der Waals surface area contributed by atoms with E-state index in [0.29, 0.717) is 17.1 Å². The van der Waals surface area contributed by atoms with Crippen molar-refractivity contribution in [3.05, 3.63) is 23.8 Å². The van der Waals surface area contributed by atoms with Gasteiger partial charge in [0.25, 0.3) is 0 Å². The zero-order chi connectivity index (χ0) is 12.6. The van der Waals surface area contributed by atoms with Crippen molar-refractivity contribution in [2.24, 2.45) is 0 Å². The maximum absolute atomic E-state index is 12.4. The van der Waals surface area contributed by atoms with Gasteiger partial charge in [0.1, 0.15) is 0 Å². The third-order valence-electron chi connectivity index (χ3n) is 3.12. The second-order valence-electron chi connectivity index (χ2n) is 4.46. The number of hydrogen-bond donors (Lipinski definition) is 1. The second kappa shape index (κ2) is 4.31. The molecule has 0 amide bonds. The lowest BCUT2D eigenvalue weighted by Gasteiger charge is -2.20. The molecule has 2 N–H and O–H groups in total. The molecule has 1 saturated carbocycles. The fourth-order valence-electron chi connectivity index (χ4n) is 1.90. The summed E-state index contributed by atoms with van der Waals surface area (Å²) in [5.74, 6) is 0. The van der Waals surface area contributed by atoms with E-state index in [4.69, 9.17) is 5.73 Å². The zero-order valence-electron chi connectivity index (χ0n) is 10.2. The summed E-state index contributed by atoms with van der Waals surface area (Å²) in [6, 6.07) is 5.12. The number of sulfonamides is 1. The van der Waals surface area contributed by atoms with Gasteiger partial charge in [-0.1, -0.05) is 13.0 Å². The Labute approximate surface area is 102 Å². The summed E-state index contributed by atoms with van der Waals surface area (Å²) in [7, 11) is -3.37. The predicted molar refractivity (Wildman–Crippen MR) is 68.2 cm³/mol. The van der Waals surface area contributed by atoms with Crippen molar-refractivity contribution < 1.29 is 8.42 Å². The van der Waals surface area contributed by atoms with Crippen LogP contribution in [0.25, 0.3) is 0 Å². The van der Waals surface area contributed by atoms with Crippen LogP contribution in [0.15, 0.2) is 23.1 Å². The Bertz CT molecular complexity index is 521. The molecule has 1 aliphatic carbocycles. The number of aryl methyl sites for hydroxylation is 1. The third kappa shape index (κ3) is 2.30. The van der Waals surface area contributed by atoms with E-state index in [9.17, 15) is 8.42 Å². The minimum atomic E-state index is -3.37. The smallest absolute Gasteiger partial charge is 0.243 e. The lowest BCUT2D eigenvalue weighted by molar-refractivity contribution is 0.421. The van der Waals surface area contributed by atoms with Crippen LogP contribution in [-0.2, 0) is 10.0 Å². The Balaban J connectivity index is 2.39. The molecule has 5 heteroatoms. The molecule has 1 aromatic carbocycles. The summed E-state index contributed by atoms with van der Waals surface area (Å²) in [6.45, 7) is 4.25. The molecule has 0 saturated heterocycles. The minimum Gasteiger partial charge on any atom is -0.398 e. The Morgan fingerprint density at radius 1 is 1.41 bits per heavy atom. The van der Waals surface area contributed by atoms with Crippen molar-refractivity contribution in [1.82, 2.24) is 4.31 Å². The van der Waals surface area contributed by atoms with E-state index in [1.54, 1.807) is 22.5 Å². The predicted octanol–water partition coefficient (Wildman–Crippen LogP) is 1.75. The van der Waals surface area contributed by atoms with Crippen molar-refractivity contribution >= 4 is 15.7 Å². The van der Waals surface area contributed by atoms with E-state index in [1.165, 1.54) is 0 Å². The summed E-state index contributed by atoms with van der Waals surface area (Å²) < 4.78 is 26.3. The highest BCUT2D eigenvalue weighted by molar-refractivity contribution is 7.89. The summed E-state index contributed by atoms with van der Waals surface area (Å²) in [5, 5.41) is 0. The Morgan fingerprint density at radius 2 is 2.06 bits per heavy atom. The monoisotopic (exact) mass is 254 g/mol. The highest BCUT2D eigenvalue weighted by Crippen LogP contribution is 2.32. The van der Waals surface area contributed by atoms with Crippen LogP contribution in [0.5, 0.6) is 0 Å². The van der Waals surface area contributed by atoms with Gasteiger partial charge in [0.15, 0.2) is 0 Å². The Kier molecular flexibility index (Phi) is 3.14. The van der Waals surface area contributed by atoms with Gasteiger partial charge in [0.2, 0.25) is 10.0 Å². The van der Waals surface area contributed by atoms with Gasteiger partial charge < -0.3 is 5.73 Å². The van der Waals surface area contributed by atoms with Crippen LogP contribution in [0, 0.1) is 6.92 Å². The summed E-state index contributed by atoms with van der Waals surface area (Å²) in [5.41, 5.74) is 7.19. The van der Waals surface area contributed by atoms with Crippen molar-refractivity contribution in [1.29, 1.82) is 0 Å². The molecule has 0 atom stereocenters. The largest absolute Gasteiger partial charge is 0.398 e. The standard InChI is InChI=1S/C12H18N2O2S/c1-3-14(10-5-6-10)17(15,16)11-7-4-9(2)12(13)8-11/h4,7-8,10H,3,5-6,13H2,1-2H3. The first-order valence-electron chi connectivity index (χ1n) is 5.84. The van der Waals surface area contributed by atoms with Crippen LogP contribution < -0.4 is 5.73 Å². The first kappa shape index (κ1) is 12.4. The van der Waals surface area contributed by atoms with Gasteiger partial charge in [-0.3, -0.25) is 0 Å². The second-order valence-corrected chi connectivity index (χ2v) is 6.35. The van der Waals surface area contributed by atoms with Gasteiger partial charge in [-0.25, -0.2) is 8.42 Å². The van der Waals surface area contributed by atoms with Gasteiger partial charge >= 0.3 is 0 Å². The van der Waals surface area contributed by atoms with Crippen LogP contribution >= 0.6 is 0 Å². The van der Waals surface area contributed by atoms with E-state index in [0.717, 1.165) is 18.4 Å². The normalized spacial score (nSPS) is 16.4. The molecule has 17 heavy (non-hydrogen) atoms. The summed E-state index contributed by atoms with van der Waals surface area (Å²) in [6.07, 6.45) is 1.93. The van der Waals surface area contributed by atoms with Crippen LogP contribution in [0.4, 0.5) is 5.69 Å². The molecule has 0 radical (unpaired) electrons. The van der Waals surface area contributed by atoms with E-state index in [2.05, 4.69) is 0 Å². The molecule has 0 spiro atoms. The molecule has 1 aromatic rings. The van der Waals surface area contributed by atoms with Gasteiger partial charge in [-0.05, 0) is 37.5 Å². The third-order valence-corrected chi connectivity index (χ3v) is 5.15. The van der Waals surface area contributed by atoms with Gasteiger partial charge in [0, 0.05) is 18.3 Å². The lowest BCUT2D eigenvalue weighted by Crippen LogP contribution is -2.32. The van der Waals surface area contributed by atoms with Crippen LogP contribution in [-0.4, -0.2) is 25.3 Å². The molecule has 94 valence electrons. The highest BCUT2D eigenvalue weighted by atomic mass is 32.2. The maximum atomic E-state index is 12.4. The van der Waals surface area contributed by atoms with Crippen LogP contribution in [0.2, 0.25) is 0 Å². The molecule has 0 unspecified atom stereocenters. The topological polar surface area (TPSA) is 63.4 Å². The van der Waals surface area contributed by atoms with Crippen molar-refractivity contribution in [2.75, 3.05) is 12.3 Å². The zero-order valence-corrected chi connectivity index (χ0v) is 11.0. The minimum absolute atomic E-state index is 0.188. The Hall–Kier alpha value is -1.07. The molecule has 2 rings (SSSR count). The van der Waals surface area contributed by atoms with E-state index < -0.39 is 10.0 Å². The average Bonchev–Trinajstić information content (AvgIpc) is 3.07. The molecule has 4 nitrogen and oxygen atoms in total. The average molecular weight is 254 g/mol. The molecule has 0 aliphatic heterocycles. The molecular weight excluding hydrogens is 236 g/mol. The van der Waals surface area contributed by atoms with Gasteiger partial charge in [-0.2, -0.15) is 4.31 Å². The molecule has 1 fully saturated rings. The fourth-order valence-corrected chi connectivity index (χ4v) is 3.63. The SMILES string of the molecule is CCN(C1CC1)S(=O)(=O)c1ccc(C)c(N)c1. The lowest BCUT2D eigenvalue weighted by atomic mass is 10.2. The summed E-state index contributed by atoms with van der Waals surface area (Å²) in [4.78, 5) is 0.300. The molecular formula is C12H18N2O2S. The highest BCUT2D eigenvalue weighted by Gasteiger charge is 2.36. The first-order valence-corrected chi connectivity index (χ1v) is 7.28. The number of anilines is 1. The fraction of sp³-hybridized carbons (Fsp3) is 0.500. The van der Waals surface area contributed by atoms with Crippen molar-refractivity contribution in [3.63, 3.8) is 0 Å². The van der Waals surface area contributed by atoms with Crippen molar-refractivity contribution in [3.8, 4) is 0 Å². The van der Waals surface area contributed by atoms with Gasteiger partial charge in [0.05, 0.1) is 4.90 Å². The number of rotatable bonds is 4. The number of benzene rings is 1. The Morgan fingerprint density at radius 3 is 2.53 bits per heavy atom. The number of nitrogens with two attached hydrogens (primary N) is 1. The van der Waals surface area contributed by atoms with E-state index in [-0.39, 0.29) is 6.04 Å². The molecule has 0 heterocycles.